The molecular formula is C12H18IN. The van der Waals surface area contributed by atoms with Gasteiger partial charge in [0.2, 0.25) is 0 Å². The van der Waals surface area contributed by atoms with Crippen LogP contribution in [0.5, 0.6) is 0 Å². The molecule has 1 nitrogen and oxygen atoms in total. The third-order valence-electron chi connectivity index (χ3n) is 2.25. The molecule has 78 valence electrons. The Bertz CT molecular complexity index is 254. The summed E-state index contributed by atoms with van der Waals surface area (Å²) in [6.45, 7) is 6.53. The minimum Gasteiger partial charge on any atom is -0.312 e. The maximum absolute atomic E-state index is 3.39. The van der Waals surface area contributed by atoms with Crippen molar-refractivity contribution in [3.8, 4) is 0 Å². The van der Waals surface area contributed by atoms with Gasteiger partial charge in [0.25, 0.3) is 0 Å². The summed E-state index contributed by atoms with van der Waals surface area (Å²) >= 11 is 2.38. The maximum Gasteiger partial charge on any atom is 0.0205 e. The molecule has 0 aliphatic carbocycles. The van der Waals surface area contributed by atoms with Gasteiger partial charge in [0, 0.05) is 17.5 Å². The Hall–Kier alpha value is -0.0900. The zero-order chi connectivity index (χ0) is 10.4. The summed E-state index contributed by atoms with van der Waals surface area (Å²) < 4.78 is 1.17. The molecule has 0 aliphatic rings. The van der Waals surface area contributed by atoms with Gasteiger partial charge in [0.05, 0.1) is 0 Å². The molecule has 1 aromatic rings. The van der Waals surface area contributed by atoms with Gasteiger partial charge in [-0.2, -0.15) is 0 Å². The molecule has 0 unspecified atom stereocenters. The summed E-state index contributed by atoms with van der Waals surface area (Å²) in [6.07, 6.45) is 0. The van der Waals surface area contributed by atoms with E-state index in [2.05, 4.69) is 66.0 Å². The fourth-order valence-electron chi connectivity index (χ4n) is 1.32. The van der Waals surface area contributed by atoms with Crippen LogP contribution in [0.3, 0.4) is 0 Å². The van der Waals surface area contributed by atoms with E-state index >= 15 is 0 Å². The van der Waals surface area contributed by atoms with E-state index < -0.39 is 0 Å². The summed E-state index contributed by atoms with van der Waals surface area (Å²) in [5.74, 6) is 0.631. The third-order valence-corrected chi connectivity index (χ3v) is 2.79. The molecule has 0 bridgehead atoms. The maximum atomic E-state index is 3.39. The first kappa shape index (κ1) is 12.0. The average Bonchev–Trinajstić information content (AvgIpc) is 2.19. The van der Waals surface area contributed by atoms with E-state index in [0.717, 1.165) is 13.1 Å². The van der Waals surface area contributed by atoms with Crippen LogP contribution in [0.15, 0.2) is 24.3 Å². The van der Waals surface area contributed by atoms with Gasteiger partial charge in [-0.3, -0.25) is 0 Å². The highest BCUT2D eigenvalue weighted by Gasteiger charge is 1.98. The van der Waals surface area contributed by atoms with Crippen molar-refractivity contribution in [1.29, 1.82) is 0 Å². The number of alkyl halides is 1. The van der Waals surface area contributed by atoms with Crippen LogP contribution < -0.4 is 5.32 Å². The number of benzene rings is 1. The average molecular weight is 303 g/mol. The number of nitrogens with one attached hydrogen (secondary N) is 1. The van der Waals surface area contributed by atoms with Gasteiger partial charge < -0.3 is 5.32 Å². The summed E-state index contributed by atoms with van der Waals surface area (Å²) in [4.78, 5) is 0. The third kappa shape index (κ3) is 3.96. The Morgan fingerprint density at radius 2 is 1.86 bits per heavy atom. The first-order chi connectivity index (χ1) is 6.74. The van der Waals surface area contributed by atoms with Crippen molar-refractivity contribution < 1.29 is 0 Å². The first-order valence-corrected chi connectivity index (χ1v) is 6.62. The monoisotopic (exact) mass is 303 g/mol. The van der Waals surface area contributed by atoms with E-state index in [1.165, 1.54) is 15.6 Å². The van der Waals surface area contributed by atoms with Gasteiger partial charge in [-0.05, 0) is 17.0 Å². The molecule has 1 N–H and O–H groups in total. The van der Waals surface area contributed by atoms with Crippen LogP contribution >= 0.6 is 22.6 Å². The second-order valence-electron chi connectivity index (χ2n) is 3.76. The van der Waals surface area contributed by atoms with Crippen LogP contribution in [0, 0.1) is 0 Å². The van der Waals surface area contributed by atoms with Crippen LogP contribution in [0.25, 0.3) is 0 Å². The molecule has 2 heteroatoms. The molecule has 0 aliphatic heterocycles. The summed E-state index contributed by atoms with van der Waals surface area (Å²) in [7, 11) is 0. The van der Waals surface area contributed by atoms with Gasteiger partial charge in [0.1, 0.15) is 0 Å². The van der Waals surface area contributed by atoms with E-state index in [1.54, 1.807) is 0 Å². The fourth-order valence-corrected chi connectivity index (χ4v) is 1.70. The Morgan fingerprint density at radius 1 is 1.21 bits per heavy atom. The second-order valence-corrected chi connectivity index (χ2v) is 4.84. The second kappa shape index (κ2) is 6.40. The molecule has 0 heterocycles. The number of hydrogen-bond donors (Lipinski definition) is 1. The minimum atomic E-state index is 0.631. The molecule has 0 amide bonds. The predicted molar refractivity (Wildman–Crippen MR) is 71.1 cm³/mol. The molecule has 0 radical (unpaired) electrons. The largest absolute Gasteiger partial charge is 0.312 e. The zero-order valence-electron chi connectivity index (χ0n) is 8.89. The van der Waals surface area contributed by atoms with Crippen molar-refractivity contribution in [3.63, 3.8) is 0 Å². The lowest BCUT2D eigenvalue weighted by Crippen LogP contribution is -2.15. The summed E-state index contributed by atoms with van der Waals surface area (Å²) in [5.41, 5.74) is 2.79. The Kier molecular flexibility index (Phi) is 5.48. The Labute approximate surface area is 100 Å². The van der Waals surface area contributed by atoms with E-state index in [4.69, 9.17) is 0 Å². The molecule has 1 aromatic carbocycles. The van der Waals surface area contributed by atoms with Crippen molar-refractivity contribution in [2.45, 2.75) is 26.3 Å². The van der Waals surface area contributed by atoms with E-state index in [0.29, 0.717) is 5.92 Å². The molecule has 1 rings (SSSR count). The van der Waals surface area contributed by atoms with Gasteiger partial charge in [-0.15, -0.1) is 0 Å². The zero-order valence-corrected chi connectivity index (χ0v) is 11.0. The number of hydrogen-bond acceptors (Lipinski definition) is 1. The van der Waals surface area contributed by atoms with Gasteiger partial charge in [0.15, 0.2) is 0 Å². The van der Waals surface area contributed by atoms with Crippen LogP contribution in [0.1, 0.15) is 30.9 Å². The Balaban J connectivity index is 2.47. The summed E-state index contributed by atoms with van der Waals surface area (Å²) in [5, 5.41) is 3.39. The van der Waals surface area contributed by atoms with Crippen molar-refractivity contribution in [1.82, 2.24) is 5.32 Å². The summed E-state index contributed by atoms with van der Waals surface area (Å²) in [6, 6.07) is 8.89. The van der Waals surface area contributed by atoms with E-state index in [-0.39, 0.29) is 0 Å². The highest BCUT2D eigenvalue weighted by Crippen LogP contribution is 2.14. The highest BCUT2D eigenvalue weighted by atomic mass is 127. The number of halogens is 1. The molecule has 14 heavy (non-hydrogen) atoms. The Morgan fingerprint density at radius 3 is 2.36 bits per heavy atom. The van der Waals surface area contributed by atoms with Crippen LogP contribution in [-0.4, -0.2) is 11.0 Å². The predicted octanol–water partition coefficient (Wildman–Crippen LogP) is 3.33. The van der Waals surface area contributed by atoms with Gasteiger partial charge in [-0.25, -0.2) is 0 Å². The van der Waals surface area contributed by atoms with Crippen LogP contribution in [-0.2, 0) is 6.54 Å². The van der Waals surface area contributed by atoms with Crippen molar-refractivity contribution in [2.24, 2.45) is 0 Å². The topological polar surface area (TPSA) is 12.0 Å². The van der Waals surface area contributed by atoms with E-state index in [9.17, 15) is 0 Å². The lowest BCUT2D eigenvalue weighted by atomic mass is 10.0. The lowest BCUT2D eigenvalue weighted by molar-refractivity contribution is 0.735. The molecule has 0 spiro atoms. The molecule has 0 saturated carbocycles. The van der Waals surface area contributed by atoms with Crippen molar-refractivity contribution in [3.05, 3.63) is 35.4 Å². The van der Waals surface area contributed by atoms with E-state index in [1.807, 2.05) is 0 Å². The molecule has 0 fully saturated rings. The number of rotatable bonds is 5. The fraction of sp³-hybridized carbons (Fsp3) is 0.500. The highest BCUT2D eigenvalue weighted by molar-refractivity contribution is 14.1. The van der Waals surface area contributed by atoms with Crippen molar-refractivity contribution >= 4 is 22.6 Å². The van der Waals surface area contributed by atoms with Crippen LogP contribution in [0.4, 0.5) is 0 Å². The van der Waals surface area contributed by atoms with Gasteiger partial charge in [-0.1, -0.05) is 60.7 Å². The molecule has 0 aromatic heterocycles. The van der Waals surface area contributed by atoms with Gasteiger partial charge >= 0.3 is 0 Å². The quantitative estimate of drug-likeness (QED) is 0.500. The first-order valence-electron chi connectivity index (χ1n) is 5.09. The minimum absolute atomic E-state index is 0.631. The standard InChI is InChI=1S/C12H18IN/c1-10(2)12-5-3-11(4-6-12)9-14-8-7-13/h3-6,10,14H,7-9H2,1-2H3. The lowest BCUT2D eigenvalue weighted by Gasteiger charge is -2.07. The molecular weight excluding hydrogens is 285 g/mol. The smallest absolute Gasteiger partial charge is 0.0205 e. The van der Waals surface area contributed by atoms with Crippen molar-refractivity contribution in [2.75, 3.05) is 11.0 Å². The molecule has 0 atom stereocenters. The molecule has 0 saturated heterocycles. The normalized spacial score (nSPS) is 10.9. The SMILES string of the molecule is CC(C)c1ccc(CNCCI)cc1. The van der Waals surface area contributed by atoms with Crippen LogP contribution in [0.2, 0.25) is 0 Å².